The van der Waals surface area contributed by atoms with E-state index in [0.717, 1.165) is 42.0 Å². The molecule has 14 heteroatoms. The van der Waals surface area contributed by atoms with E-state index in [2.05, 4.69) is 31.4 Å². The van der Waals surface area contributed by atoms with E-state index in [9.17, 15) is 13.6 Å². The molecule has 2 aliphatic heterocycles. The maximum atomic E-state index is 16.1. The minimum absolute atomic E-state index is 0.0102. The summed E-state index contributed by atoms with van der Waals surface area (Å²) in [7, 11) is 4.46. The zero-order chi connectivity index (χ0) is 40.0. The molecule has 55 heavy (non-hydrogen) atoms. The summed E-state index contributed by atoms with van der Waals surface area (Å²) < 4.78 is 67.5. The van der Waals surface area contributed by atoms with Gasteiger partial charge in [-0.25, -0.2) is 19.0 Å². The van der Waals surface area contributed by atoms with Gasteiger partial charge in [0.05, 0.1) is 31.7 Å². The Labute approximate surface area is 327 Å². The smallest absolute Gasteiger partial charge is 0.281 e. The van der Waals surface area contributed by atoms with Crippen molar-refractivity contribution in [2.75, 3.05) is 47.5 Å². The lowest BCUT2D eigenvalue weighted by Gasteiger charge is -2.50. The molecule has 1 saturated heterocycles. The van der Waals surface area contributed by atoms with Gasteiger partial charge in [0.1, 0.15) is 30.4 Å². The first kappa shape index (κ1) is 41.9. The number of nitrogens with zero attached hydrogens (tertiary/aromatic N) is 3. The molecule has 1 saturated carbocycles. The molecule has 2 aromatic rings. The lowest BCUT2D eigenvalue weighted by molar-refractivity contribution is -0.128. The highest BCUT2D eigenvalue weighted by Gasteiger charge is 2.46. The summed E-state index contributed by atoms with van der Waals surface area (Å²) in [5.74, 6) is 6.72. The molecule has 0 radical (unpaired) electrons. The fourth-order valence-electron chi connectivity index (χ4n) is 8.42. The minimum atomic E-state index is -2.98. The summed E-state index contributed by atoms with van der Waals surface area (Å²) >= 11 is 6.76. The molecule has 0 spiro atoms. The van der Waals surface area contributed by atoms with E-state index < -0.39 is 36.0 Å². The Morgan fingerprint density at radius 2 is 1.93 bits per heavy atom. The molecular formula is C41H55ClF3N5O5. The number of hydrogen-bond donors (Lipinski definition) is 2. The average molecular weight is 790 g/mol. The van der Waals surface area contributed by atoms with Gasteiger partial charge >= 0.3 is 0 Å². The molecule has 2 fully saturated rings. The molecular weight excluding hydrogens is 735 g/mol. The number of rotatable bonds is 16. The van der Waals surface area contributed by atoms with Crippen molar-refractivity contribution in [2.45, 2.75) is 84.3 Å². The first-order valence-electron chi connectivity index (χ1n) is 18.9. The van der Waals surface area contributed by atoms with Gasteiger partial charge in [-0.3, -0.25) is 4.79 Å². The van der Waals surface area contributed by atoms with Crippen molar-refractivity contribution in [3.63, 3.8) is 0 Å². The lowest BCUT2D eigenvalue weighted by atomic mass is 9.64. The van der Waals surface area contributed by atoms with Crippen LogP contribution in [0.1, 0.15) is 81.5 Å². The van der Waals surface area contributed by atoms with Gasteiger partial charge in [-0.1, -0.05) is 50.9 Å². The van der Waals surface area contributed by atoms with Crippen molar-refractivity contribution in [3.05, 3.63) is 87.3 Å². The highest BCUT2D eigenvalue weighted by molar-refractivity contribution is 6.31. The quantitative estimate of drug-likeness (QED) is 0.0997. The van der Waals surface area contributed by atoms with Crippen LogP contribution in [0.25, 0.3) is 0 Å². The topological polar surface area (TPSA) is 116 Å². The number of amides is 1. The van der Waals surface area contributed by atoms with Gasteiger partial charge in [0.2, 0.25) is 5.91 Å². The van der Waals surface area contributed by atoms with Crippen LogP contribution in [0.4, 0.5) is 13.2 Å². The molecule has 2 unspecified atom stereocenters. The number of methoxy groups -OCH3 is 2. The predicted molar refractivity (Wildman–Crippen MR) is 207 cm³/mol. The standard InChI is InChI=1S/C41H55ClF3N5O5/c1-7-11-33(29-12-8-9-17-41(29,3)25(2)54-23-26-14-15-27(52-5)20-35(26)53-6)50-19-16-28-30(42)21-31(43)39(55-24-32(46)38(40(44)45)48(4)47)37(28)34(50)22-49-18-10-13-36(49)51/h11,14-15,20-21,29,34,40H,2,7-10,12-13,16-19,22-24,46-47H2,1,3-6H3/b33-11-,38-32-/t29?,34?,41-/m1/s1. The molecule has 5 rings (SSSR count). The maximum Gasteiger partial charge on any atom is 0.281 e. The number of benzene rings is 2. The molecule has 302 valence electrons. The number of allylic oxidation sites excluding steroid dienone is 4. The Hall–Kier alpha value is -4.23. The van der Waals surface area contributed by atoms with Crippen molar-refractivity contribution >= 4 is 17.5 Å². The number of alkyl halides is 2. The summed E-state index contributed by atoms with van der Waals surface area (Å²) in [5, 5.41) is 0.962. The van der Waals surface area contributed by atoms with E-state index in [1.54, 1.807) is 19.1 Å². The van der Waals surface area contributed by atoms with Crippen molar-refractivity contribution in [3.8, 4) is 17.2 Å². The number of halogens is 4. The number of carbonyl (C=O) groups excluding carboxylic acids is 1. The van der Waals surface area contributed by atoms with Gasteiger partial charge in [-0.2, -0.15) is 0 Å². The largest absolute Gasteiger partial charge is 0.497 e. The first-order valence-corrected chi connectivity index (χ1v) is 19.3. The summed E-state index contributed by atoms with van der Waals surface area (Å²) in [5.41, 5.74) is 7.69. The monoisotopic (exact) mass is 789 g/mol. The SMILES string of the molecule is C=C(OCc1ccc(OC)cc1OC)[C@@]1(C)CCCCC1/C(=C/CC)N1CCc2c(Cl)cc(F)c(OC/C(N)=C(\C(F)F)N(C)N)c2C1CN1CCCC1=O. The van der Waals surface area contributed by atoms with Gasteiger partial charge in [0.25, 0.3) is 6.43 Å². The molecule has 2 heterocycles. The number of nitrogens with two attached hydrogens (primary N) is 2. The fraction of sp³-hybridized carbons (Fsp3) is 0.537. The van der Waals surface area contributed by atoms with Crippen LogP contribution >= 0.6 is 11.6 Å². The zero-order valence-electron chi connectivity index (χ0n) is 32.6. The van der Waals surface area contributed by atoms with Crippen LogP contribution in [0.15, 0.2) is 59.8 Å². The third-order valence-electron chi connectivity index (χ3n) is 11.3. The number of likely N-dealkylation sites (tertiary alicyclic amines) is 1. The minimum Gasteiger partial charge on any atom is -0.497 e. The van der Waals surface area contributed by atoms with E-state index in [-0.39, 0.29) is 41.4 Å². The Kier molecular flexibility index (Phi) is 13.8. The summed E-state index contributed by atoms with van der Waals surface area (Å²) in [6, 6.07) is 6.21. The van der Waals surface area contributed by atoms with Crippen LogP contribution in [0.2, 0.25) is 5.02 Å². The van der Waals surface area contributed by atoms with E-state index in [4.69, 9.17) is 42.1 Å². The Balaban J connectivity index is 1.55. The third kappa shape index (κ3) is 8.93. The molecule has 0 aromatic heterocycles. The van der Waals surface area contributed by atoms with Crippen LogP contribution in [-0.4, -0.2) is 74.6 Å². The fourth-order valence-corrected chi connectivity index (χ4v) is 8.71. The molecule has 3 atom stereocenters. The molecule has 4 N–H and O–H groups in total. The van der Waals surface area contributed by atoms with Crippen LogP contribution in [0.5, 0.6) is 17.2 Å². The van der Waals surface area contributed by atoms with Gasteiger partial charge < -0.3 is 39.5 Å². The lowest BCUT2D eigenvalue weighted by Crippen LogP contribution is -2.47. The van der Waals surface area contributed by atoms with Gasteiger partial charge in [-0.15, -0.1) is 0 Å². The molecule has 1 amide bonds. The zero-order valence-corrected chi connectivity index (χ0v) is 33.3. The molecule has 3 aliphatic rings. The first-order chi connectivity index (χ1) is 26.2. The molecule has 10 nitrogen and oxygen atoms in total. The van der Waals surface area contributed by atoms with Crippen molar-refractivity contribution < 1.29 is 36.9 Å². The average Bonchev–Trinajstić information content (AvgIpc) is 3.56. The van der Waals surface area contributed by atoms with Crippen LogP contribution in [0.3, 0.4) is 0 Å². The van der Waals surface area contributed by atoms with Gasteiger partial charge in [0, 0.05) is 72.3 Å². The molecule has 0 bridgehead atoms. The second kappa shape index (κ2) is 18.1. The third-order valence-corrected chi connectivity index (χ3v) is 11.7. The van der Waals surface area contributed by atoms with E-state index >= 15 is 4.39 Å². The van der Waals surface area contributed by atoms with Gasteiger partial charge in [0.15, 0.2) is 11.6 Å². The number of ether oxygens (including phenoxy) is 4. The van der Waals surface area contributed by atoms with Gasteiger partial charge in [-0.05, 0) is 55.9 Å². The Bertz CT molecular complexity index is 1780. The highest BCUT2D eigenvalue weighted by Crippen LogP contribution is 2.53. The molecule has 1 aliphatic carbocycles. The van der Waals surface area contributed by atoms with E-state index in [1.807, 2.05) is 18.2 Å². The number of fused-ring (bicyclic) bond motifs is 1. The molecule has 2 aromatic carbocycles. The van der Waals surface area contributed by atoms with Crippen LogP contribution in [0, 0.1) is 17.2 Å². The van der Waals surface area contributed by atoms with Crippen molar-refractivity contribution in [1.29, 1.82) is 0 Å². The summed E-state index contributed by atoms with van der Waals surface area (Å²) in [4.78, 5) is 17.2. The number of carbonyl (C=O) groups is 1. The van der Waals surface area contributed by atoms with Crippen molar-refractivity contribution in [1.82, 2.24) is 14.8 Å². The second-order valence-corrected chi connectivity index (χ2v) is 15.1. The van der Waals surface area contributed by atoms with Crippen LogP contribution in [-0.2, 0) is 22.6 Å². The Morgan fingerprint density at radius 3 is 2.56 bits per heavy atom. The van der Waals surface area contributed by atoms with E-state index in [1.165, 1.54) is 13.1 Å². The number of hydrogen-bond acceptors (Lipinski definition) is 9. The van der Waals surface area contributed by atoms with E-state index in [0.29, 0.717) is 67.2 Å². The highest BCUT2D eigenvalue weighted by atomic mass is 35.5. The normalized spacial score (nSPS) is 22.0. The van der Waals surface area contributed by atoms with Crippen LogP contribution < -0.4 is 25.8 Å². The second-order valence-electron chi connectivity index (χ2n) is 14.7. The number of hydrazine groups is 1. The Morgan fingerprint density at radius 1 is 1.16 bits per heavy atom. The summed E-state index contributed by atoms with van der Waals surface area (Å²) in [6.07, 6.45) is 5.21. The predicted octanol–water partition coefficient (Wildman–Crippen LogP) is 7.86. The maximum absolute atomic E-state index is 16.1. The van der Waals surface area contributed by atoms with Crippen molar-refractivity contribution in [2.24, 2.45) is 22.9 Å². The summed E-state index contributed by atoms with van der Waals surface area (Å²) in [6.45, 7) is 9.82.